The molecule has 2 atom stereocenters. The summed E-state index contributed by atoms with van der Waals surface area (Å²) >= 11 is 0. The van der Waals surface area contributed by atoms with Crippen LogP contribution in [-0.4, -0.2) is 36.9 Å². The third-order valence-electron chi connectivity index (χ3n) is 5.03. The standard InChI is InChI=1S/C18H18F3N5O4/c19-18(20,21)10-3-1-9(2-4-10)7-25-13-14(23-16(22)24-15(13)28)26(17(25)29)12-6-5-11(8-27)30-12/h1-4,11-12,27H,5-8H2,(H3,22,23,24,28). The molecule has 1 aromatic carbocycles. The van der Waals surface area contributed by atoms with Crippen molar-refractivity contribution < 1.29 is 23.0 Å². The van der Waals surface area contributed by atoms with Crippen LogP contribution in [0.5, 0.6) is 0 Å². The zero-order valence-electron chi connectivity index (χ0n) is 15.5. The van der Waals surface area contributed by atoms with Gasteiger partial charge in [0, 0.05) is 0 Å². The summed E-state index contributed by atoms with van der Waals surface area (Å²) in [4.78, 5) is 32.1. The number of H-pyrrole nitrogens is 1. The Kier molecular flexibility index (Phi) is 4.90. The van der Waals surface area contributed by atoms with E-state index in [-0.39, 0.29) is 30.3 Å². The van der Waals surface area contributed by atoms with Crippen LogP contribution in [0.4, 0.5) is 19.1 Å². The molecule has 0 radical (unpaired) electrons. The molecule has 0 saturated carbocycles. The van der Waals surface area contributed by atoms with Crippen LogP contribution in [0.25, 0.3) is 11.2 Å². The molecule has 4 rings (SSSR count). The summed E-state index contributed by atoms with van der Waals surface area (Å²) in [6, 6.07) is 4.30. The molecule has 2 aromatic heterocycles. The Morgan fingerprint density at radius 1 is 1.23 bits per heavy atom. The maximum atomic E-state index is 13.1. The Hall–Kier alpha value is -3.12. The maximum Gasteiger partial charge on any atom is 0.416 e. The summed E-state index contributed by atoms with van der Waals surface area (Å²) < 4.78 is 46.4. The van der Waals surface area contributed by atoms with Gasteiger partial charge in [-0.05, 0) is 30.5 Å². The monoisotopic (exact) mass is 425 g/mol. The van der Waals surface area contributed by atoms with E-state index in [4.69, 9.17) is 10.5 Å². The predicted octanol–water partition coefficient (Wildman–Crippen LogP) is 1.21. The van der Waals surface area contributed by atoms with E-state index in [0.717, 1.165) is 16.7 Å². The number of nitrogen functional groups attached to an aromatic ring is 1. The minimum Gasteiger partial charge on any atom is -0.394 e. The number of hydrogen-bond acceptors (Lipinski definition) is 6. The van der Waals surface area contributed by atoms with Crippen molar-refractivity contribution >= 4 is 17.1 Å². The van der Waals surface area contributed by atoms with Crippen molar-refractivity contribution in [3.8, 4) is 0 Å². The van der Waals surface area contributed by atoms with E-state index >= 15 is 0 Å². The number of alkyl halides is 3. The van der Waals surface area contributed by atoms with Crippen LogP contribution in [-0.2, 0) is 17.5 Å². The number of aromatic amines is 1. The normalized spacial score (nSPS) is 19.6. The number of anilines is 1. The van der Waals surface area contributed by atoms with Gasteiger partial charge in [0.1, 0.15) is 6.23 Å². The molecule has 3 heterocycles. The second-order valence-corrected chi connectivity index (χ2v) is 7.03. The fourth-order valence-electron chi connectivity index (χ4n) is 3.60. The number of aromatic nitrogens is 4. The Morgan fingerprint density at radius 3 is 2.53 bits per heavy atom. The first-order valence-corrected chi connectivity index (χ1v) is 9.12. The Bertz CT molecular complexity index is 1200. The van der Waals surface area contributed by atoms with Crippen LogP contribution in [0.2, 0.25) is 0 Å². The molecule has 1 saturated heterocycles. The summed E-state index contributed by atoms with van der Waals surface area (Å²) in [6.07, 6.45) is -4.75. The molecule has 12 heteroatoms. The highest BCUT2D eigenvalue weighted by Crippen LogP contribution is 2.30. The van der Waals surface area contributed by atoms with E-state index in [2.05, 4.69) is 9.97 Å². The molecular weight excluding hydrogens is 407 g/mol. The SMILES string of the molecule is Nc1nc2c(c(=O)[nH]1)n(Cc1ccc(C(F)(F)F)cc1)c(=O)n2C1CCC(CO)O1. The van der Waals surface area contributed by atoms with E-state index in [1.54, 1.807) is 0 Å². The quantitative estimate of drug-likeness (QED) is 0.576. The minimum absolute atomic E-state index is 0.0109. The number of fused-ring (bicyclic) bond motifs is 1. The van der Waals surface area contributed by atoms with Crippen LogP contribution in [0.15, 0.2) is 33.9 Å². The third kappa shape index (κ3) is 3.48. The first kappa shape index (κ1) is 20.2. The van der Waals surface area contributed by atoms with Gasteiger partial charge in [-0.25, -0.2) is 9.36 Å². The van der Waals surface area contributed by atoms with Crippen molar-refractivity contribution in [1.82, 2.24) is 19.1 Å². The van der Waals surface area contributed by atoms with E-state index in [0.29, 0.717) is 18.4 Å². The number of nitrogens with zero attached hydrogens (tertiary/aromatic N) is 3. The summed E-state index contributed by atoms with van der Waals surface area (Å²) in [5, 5.41) is 9.29. The number of benzene rings is 1. The van der Waals surface area contributed by atoms with Gasteiger partial charge in [0.2, 0.25) is 5.95 Å². The maximum absolute atomic E-state index is 13.1. The first-order chi connectivity index (χ1) is 14.2. The van der Waals surface area contributed by atoms with Gasteiger partial charge < -0.3 is 15.6 Å². The van der Waals surface area contributed by atoms with Crippen molar-refractivity contribution in [2.75, 3.05) is 12.3 Å². The zero-order chi connectivity index (χ0) is 21.6. The van der Waals surface area contributed by atoms with Crippen LogP contribution in [0.3, 0.4) is 0 Å². The number of nitrogens with two attached hydrogens (primary N) is 1. The second kappa shape index (κ2) is 7.29. The molecule has 30 heavy (non-hydrogen) atoms. The topological polar surface area (TPSA) is 128 Å². The van der Waals surface area contributed by atoms with Gasteiger partial charge in [-0.3, -0.25) is 14.3 Å². The lowest BCUT2D eigenvalue weighted by atomic mass is 10.1. The largest absolute Gasteiger partial charge is 0.416 e. The summed E-state index contributed by atoms with van der Waals surface area (Å²) in [6.45, 7) is -0.364. The van der Waals surface area contributed by atoms with Gasteiger partial charge in [0.15, 0.2) is 11.2 Å². The van der Waals surface area contributed by atoms with Crippen LogP contribution in [0.1, 0.15) is 30.2 Å². The van der Waals surface area contributed by atoms with E-state index in [1.807, 2.05) is 0 Å². The number of hydrogen-bond donors (Lipinski definition) is 3. The molecule has 0 spiro atoms. The molecule has 160 valence electrons. The van der Waals surface area contributed by atoms with E-state index in [1.165, 1.54) is 16.7 Å². The lowest BCUT2D eigenvalue weighted by Gasteiger charge is -2.13. The predicted molar refractivity (Wildman–Crippen MR) is 99.8 cm³/mol. The van der Waals surface area contributed by atoms with Crippen molar-refractivity contribution in [1.29, 1.82) is 0 Å². The third-order valence-corrected chi connectivity index (χ3v) is 5.03. The van der Waals surface area contributed by atoms with Gasteiger partial charge >= 0.3 is 11.9 Å². The van der Waals surface area contributed by atoms with Crippen molar-refractivity contribution in [2.45, 2.75) is 37.9 Å². The molecule has 1 aliphatic rings. The lowest BCUT2D eigenvalue weighted by Crippen LogP contribution is -2.29. The molecule has 0 bridgehead atoms. The molecule has 1 fully saturated rings. The highest BCUT2D eigenvalue weighted by molar-refractivity contribution is 5.72. The smallest absolute Gasteiger partial charge is 0.394 e. The number of ether oxygens (including phenoxy) is 1. The van der Waals surface area contributed by atoms with Crippen molar-refractivity contribution in [2.24, 2.45) is 0 Å². The number of imidazole rings is 1. The Balaban J connectivity index is 1.81. The summed E-state index contributed by atoms with van der Waals surface area (Å²) in [5.74, 6) is -0.190. The van der Waals surface area contributed by atoms with E-state index < -0.39 is 35.3 Å². The van der Waals surface area contributed by atoms with Crippen molar-refractivity contribution in [3.63, 3.8) is 0 Å². The van der Waals surface area contributed by atoms with Gasteiger partial charge in [-0.1, -0.05) is 12.1 Å². The minimum atomic E-state index is -4.48. The van der Waals surface area contributed by atoms with Crippen molar-refractivity contribution in [3.05, 3.63) is 56.2 Å². The average Bonchev–Trinajstić information content (AvgIpc) is 3.24. The van der Waals surface area contributed by atoms with Gasteiger partial charge in [-0.15, -0.1) is 0 Å². The number of rotatable bonds is 4. The summed E-state index contributed by atoms with van der Waals surface area (Å²) in [5.41, 5.74) is 3.89. The Labute approximate surface area is 166 Å². The molecule has 1 aliphatic heterocycles. The number of aliphatic hydroxyl groups is 1. The summed E-state index contributed by atoms with van der Waals surface area (Å²) in [7, 11) is 0. The van der Waals surface area contributed by atoms with Crippen LogP contribution >= 0.6 is 0 Å². The molecule has 9 nitrogen and oxygen atoms in total. The highest BCUT2D eigenvalue weighted by atomic mass is 19.4. The second-order valence-electron chi connectivity index (χ2n) is 7.03. The lowest BCUT2D eigenvalue weighted by molar-refractivity contribution is -0.137. The fraction of sp³-hybridized carbons (Fsp3) is 0.389. The van der Waals surface area contributed by atoms with Crippen LogP contribution in [0, 0.1) is 0 Å². The zero-order valence-corrected chi connectivity index (χ0v) is 15.5. The van der Waals surface area contributed by atoms with Gasteiger partial charge in [-0.2, -0.15) is 18.2 Å². The highest BCUT2D eigenvalue weighted by Gasteiger charge is 2.32. The average molecular weight is 425 g/mol. The molecular formula is C18H18F3N5O4. The molecule has 4 N–H and O–H groups in total. The molecule has 0 aliphatic carbocycles. The molecule has 3 aromatic rings. The van der Waals surface area contributed by atoms with Gasteiger partial charge in [0.05, 0.1) is 24.8 Å². The first-order valence-electron chi connectivity index (χ1n) is 9.12. The van der Waals surface area contributed by atoms with Gasteiger partial charge in [0.25, 0.3) is 5.56 Å². The van der Waals surface area contributed by atoms with E-state index in [9.17, 15) is 27.9 Å². The number of aliphatic hydroxyl groups excluding tert-OH is 1. The Morgan fingerprint density at radius 2 is 1.93 bits per heavy atom. The van der Waals surface area contributed by atoms with Crippen LogP contribution < -0.4 is 17.0 Å². The molecule has 0 amide bonds. The fourth-order valence-corrected chi connectivity index (χ4v) is 3.60. The number of halogens is 3. The number of nitrogens with one attached hydrogen (secondary N) is 1. The molecule has 2 unspecified atom stereocenters.